The molecule has 1 unspecified atom stereocenters. The van der Waals surface area contributed by atoms with Crippen LogP contribution < -0.4 is 16.0 Å². The maximum absolute atomic E-state index is 12.3. The number of carbonyl (C=O) groups is 1. The highest BCUT2D eigenvalue weighted by Gasteiger charge is 2.41. The molecular weight excluding hydrogens is 359 g/mol. The van der Waals surface area contributed by atoms with Crippen LogP contribution in [0.3, 0.4) is 0 Å². The van der Waals surface area contributed by atoms with Gasteiger partial charge in [0, 0.05) is 25.0 Å². The predicted octanol–water partition coefficient (Wildman–Crippen LogP) is 2.10. The Kier molecular flexibility index (Phi) is 9.72. The van der Waals surface area contributed by atoms with Gasteiger partial charge in [0.1, 0.15) is 0 Å². The van der Waals surface area contributed by atoms with Crippen molar-refractivity contribution in [3.63, 3.8) is 0 Å². The Hall–Kier alpha value is -0.880. The smallest absolute Gasteiger partial charge is 0.237 e. The van der Waals surface area contributed by atoms with Gasteiger partial charge in [0.05, 0.1) is 6.04 Å². The van der Waals surface area contributed by atoms with Gasteiger partial charge in [0.25, 0.3) is 0 Å². The average molecular weight is 389 g/mol. The SMILES string of the molecule is Cl.Cl.O=C(NCCCCc1ccccn1)C1CC2(CCNCC2)CN1. The lowest BCUT2D eigenvalue weighted by Gasteiger charge is -2.33. The van der Waals surface area contributed by atoms with E-state index >= 15 is 0 Å². The number of rotatable bonds is 6. The summed E-state index contributed by atoms with van der Waals surface area (Å²) in [6.45, 7) is 3.93. The normalized spacial score (nSPS) is 21.2. The fourth-order valence-corrected chi connectivity index (χ4v) is 3.75. The maximum atomic E-state index is 12.3. The Morgan fingerprint density at radius 2 is 2.04 bits per heavy atom. The summed E-state index contributed by atoms with van der Waals surface area (Å²) >= 11 is 0. The van der Waals surface area contributed by atoms with Gasteiger partial charge in [-0.2, -0.15) is 0 Å². The largest absolute Gasteiger partial charge is 0.355 e. The molecule has 2 saturated heterocycles. The van der Waals surface area contributed by atoms with E-state index in [1.165, 1.54) is 12.8 Å². The van der Waals surface area contributed by atoms with Crippen LogP contribution in [0, 0.1) is 5.41 Å². The van der Waals surface area contributed by atoms with Gasteiger partial charge >= 0.3 is 0 Å². The molecule has 0 bridgehead atoms. The molecule has 7 heteroatoms. The Morgan fingerprint density at radius 1 is 1.24 bits per heavy atom. The van der Waals surface area contributed by atoms with Crippen molar-refractivity contribution in [3.05, 3.63) is 30.1 Å². The first-order chi connectivity index (χ1) is 11.3. The predicted molar refractivity (Wildman–Crippen MR) is 106 cm³/mol. The molecule has 3 heterocycles. The molecule has 1 spiro atoms. The zero-order valence-electron chi connectivity index (χ0n) is 14.6. The fourth-order valence-electron chi connectivity index (χ4n) is 3.75. The quantitative estimate of drug-likeness (QED) is 0.652. The summed E-state index contributed by atoms with van der Waals surface area (Å²) in [6, 6.07) is 6.02. The number of halogens is 2. The minimum atomic E-state index is 0. The number of pyridine rings is 1. The van der Waals surface area contributed by atoms with Gasteiger partial charge in [0.15, 0.2) is 0 Å². The van der Waals surface area contributed by atoms with Crippen LogP contribution in [-0.2, 0) is 11.2 Å². The van der Waals surface area contributed by atoms with E-state index in [1.54, 1.807) is 0 Å². The summed E-state index contributed by atoms with van der Waals surface area (Å²) in [5.74, 6) is 0.179. The number of aryl methyl sites for hydroxylation is 1. The van der Waals surface area contributed by atoms with Gasteiger partial charge in [0.2, 0.25) is 5.91 Å². The molecule has 2 aliphatic heterocycles. The first kappa shape index (κ1) is 22.2. The van der Waals surface area contributed by atoms with Crippen molar-refractivity contribution in [1.29, 1.82) is 0 Å². The number of nitrogens with zero attached hydrogens (tertiary/aromatic N) is 1. The van der Waals surface area contributed by atoms with E-state index in [0.717, 1.165) is 57.6 Å². The van der Waals surface area contributed by atoms with Crippen molar-refractivity contribution in [2.24, 2.45) is 5.41 Å². The highest BCUT2D eigenvalue weighted by Crippen LogP contribution is 2.37. The molecule has 1 aromatic rings. The molecule has 2 aliphatic rings. The summed E-state index contributed by atoms with van der Waals surface area (Å²) in [4.78, 5) is 16.6. The van der Waals surface area contributed by atoms with Crippen molar-refractivity contribution in [2.75, 3.05) is 26.2 Å². The summed E-state index contributed by atoms with van der Waals surface area (Å²) in [6.07, 6.45) is 8.25. The first-order valence-corrected chi connectivity index (χ1v) is 8.89. The summed E-state index contributed by atoms with van der Waals surface area (Å²) < 4.78 is 0. The Labute approximate surface area is 163 Å². The third kappa shape index (κ3) is 6.41. The van der Waals surface area contributed by atoms with Gasteiger partial charge in [-0.3, -0.25) is 9.78 Å². The number of unbranched alkanes of at least 4 members (excludes halogenated alkanes) is 1. The van der Waals surface area contributed by atoms with Crippen molar-refractivity contribution in [1.82, 2.24) is 20.9 Å². The number of hydrogen-bond donors (Lipinski definition) is 3. The number of amides is 1. The van der Waals surface area contributed by atoms with Gasteiger partial charge < -0.3 is 16.0 Å². The van der Waals surface area contributed by atoms with Gasteiger partial charge in [-0.05, 0) is 69.2 Å². The van der Waals surface area contributed by atoms with E-state index in [4.69, 9.17) is 0 Å². The molecule has 25 heavy (non-hydrogen) atoms. The molecule has 5 nitrogen and oxygen atoms in total. The van der Waals surface area contributed by atoms with E-state index in [9.17, 15) is 4.79 Å². The van der Waals surface area contributed by atoms with Gasteiger partial charge in [-0.15, -0.1) is 24.8 Å². The minimum absolute atomic E-state index is 0. The van der Waals surface area contributed by atoms with Gasteiger partial charge in [-0.25, -0.2) is 0 Å². The monoisotopic (exact) mass is 388 g/mol. The van der Waals surface area contributed by atoms with Crippen LogP contribution >= 0.6 is 24.8 Å². The highest BCUT2D eigenvalue weighted by atomic mass is 35.5. The van der Waals surface area contributed by atoms with Crippen molar-refractivity contribution in [3.8, 4) is 0 Å². The summed E-state index contributed by atoms with van der Waals surface area (Å²) in [5, 5.41) is 9.94. The van der Waals surface area contributed by atoms with E-state index in [2.05, 4.69) is 27.0 Å². The maximum Gasteiger partial charge on any atom is 0.237 e. The summed E-state index contributed by atoms with van der Waals surface area (Å²) in [7, 11) is 0. The zero-order valence-corrected chi connectivity index (χ0v) is 16.3. The lowest BCUT2D eigenvalue weighted by atomic mass is 9.77. The first-order valence-electron chi connectivity index (χ1n) is 8.89. The van der Waals surface area contributed by atoms with Crippen LogP contribution in [0.15, 0.2) is 24.4 Å². The third-order valence-electron chi connectivity index (χ3n) is 5.23. The number of nitrogens with one attached hydrogen (secondary N) is 3. The van der Waals surface area contributed by atoms with Gasteiger partial charge in [-0.1, -0.05) is 6.07 Å². The van der Waals surface area contributed by atoms with E-state index in [1.807, 2.05) is 18.3 Å². The molecular formula is C18H30Cl2N4O. The number of piperidine rings is 1. The Balaban J connectivity index is 0.00000156. The van der Waals surface area contributed by atoms with Crippen LogP contribution in [0.4, 0.5) is 0 Å². The van der Waals surface area contributed by atoms with Crippen molar-refractivity contribution in [2.45, 2.75) is 44.6 Å². The molecule has 3 N–H and O–H groups in total. The molecule has 1 aromatic heterocycles. The summed E-state index contributed by atoms with van der Waals surface area (Å²) in [5.41, 5.74) is 1.48. The molecule has 0 radical (unpaired) electrons. The highest BCUT2D eigenvalue weighted by molar-refractivity contribution is 5.85. The minimum Gasteiger partial charge on any atom is -0.355 e. The molecule has 0 aliphatic carbocycles. The Morgan fingerprint density at radius 3 is 2.76 bits per heavy atom. The molecule has 1 atom stereocenters. The number of carbonyl (C=O) groups excluding carboxylic acids is 1. The van der Waals surface area contributed by atoms with Crippen LogP contribution in [-0.4, -0.2) is 43.1 Å². The Bertz CT molecular complexity index is 509. The molecule has 142 valence electrons. The number of aromatic nitrogens is 1. The average Bonchev–Trinajstić information content (AvgIpc) is 2.99. The standard InChI is InChI=1S/C18H28N4O.2ClH/c23-17(16-13-18(14-22-16)7-11-19-12-8-18)21-10-4-2-6-15-5-1-3-9-20-15;;/h1,3,5,9,16,19,22H,2,4,6-8,10-14H2,(H,21,23);2*1H. The molecule has 0 saturated carbocycles. The van der Waals surface area contributed by atoms with Crippen LogP contribution in [0.1, 0.15) is 37.8 Å². The van der Waals surface area contributed by atoms with Crippen molar-refractivity contribution >= 4 is 30.7 Å². The lowest BCUT2D eigenvalue weighted by molar-refractivity contribution is -0.123. The second-order valence-corrected chi connectivity index (χ2v) is 6.96. The molecule has 2 fully saturated rings. The topological polar surface area (TPSA) is 66.0 Å². The number of hydrogen-bond acceptors (Lipinski definition) is 4. The van der Waals surface area contributed by atoms with E-state index < -0.39 is 0 Å². The fraction of sp³-hybridized carbons (Fsp3) is 0.667. The molecule has 1 amide bonds. The lowest BCUT2D eigenvalue weighted by Crippen LogP contribution is -2.40. The molecule has 3 rings (SSSR count). The van der Waals surface area contributed by atoms with Crippen LogP contribution in [0.5, 0.6) is 0 Å². The zero-order chi connectivity index (χ0) is 16.0. The van der Waals surface area contributed by atoms with Crippen molar-refractivity contribution < 1.29 is 4.79 Å². The van der Waals surface area contributed by atoms with E-state index in [-0.39, 0.29) is 36.8 Å². The van der Waals surface area contributed by atoms with E-state index in [0.29, 0.717) is 5.41 Å². The third-order valence-corrected chi connectivity index (χ3v) is 5.23. The second-order valence-electron chi connectivity index (χ2n) is 6.96. The van der Waals surface area contributed by atoms with Crippen LogP contribution in [0.25, 0.3) is 0 Å². The molecule has 0 aromatic carbocycles. The van der Waals surface area contributed by atoms with Crippen LogP contribution in [0.2, 0.25) is 0 Å². The second kappa shape index (κ2) is 11.0.